The van der Waals surface area contributed by atoms with Crippen LogP contribution in [0.15, 0.2) is 58.1 Å². The van der Waals surface area contributed by atoms with Crippen molar-refractivity contribution >= 4 is 22.7 Å². The number of carbonyl (C=O) groups is 1. The number of aliphatic carboxylic acids is 1. The van der Waals surface area contributed by atoms with Crippen LogP contribution in [0.3, 0.4) is 0 Å². The fourth-order valence-electron chi connectivity index (χ4n) is 6.10. The molecule has 2 unspecified atom stereocenters. The van der Waals surface area contributed by atoms with Crippen LogP contribution in [0.25, 0.3) is 11.0 Å². The van der Waals surface area contributed by atoms with E-state index in [2.05, 4.69) is 34.7 Å². The summed E-state index contributed by atoms with van der Waals surface area (Å²) in [5, 5.41) is 13.6. The molecule has 2 heterocycles. The van der Waals surface area contributed by atoms with E-state index in [9.17, 15) is 14.7 Å². The monoisotopic (exact) mass is 520 g/mol. The quantitative estimate of drug-likeness (QED) is 0.217. The number of aromatic nitrogens is 2. The van der Waals surface area contributed by atoms with Gasteiger partial charge >= 0.3 is 5.97 Å². The first-order chi connectivity index (χ1) is 18.3. The average Bonchev–Trinajstić information content (AvgIpc) is 2.86. The van der Waals surface area contributed by atoms with Crippen molar-refractivity contribution in [1.82, 2.24) is 14.5 Å². The predicted molar refractivity (Wildman–Crippen MR) is 145 cm³/mol. The minimum Gasteiger partial charge on any atom is -0.476 e. The Morgan fingerprint density at radius 2 is 2.05 bits per heavy atom. The number of hydrogen-bond acceptors (Lipinski definition) is 7. The number of fused-ring (bicyclic) bond motifs is 1. The van der Waals surface area contributed by atoms with Crippen molar-refractivity contribution in [3.05, 3.63) is 64.2 Å². The van der Waals surface area contributed by atoms with Gasteiger partial charge in [0.15, 0.2) is 5.69 Å². The van der Waals surface area contributed by atoms with Crippen LogP contribution in [0, 0.1) is 11.8 Å². The zero-order valence-corrected chi connectivity index (χ0v) is 22.3. The van der Waals surface area contributed by atoms with Gasteiger partial charge in [0.2, 0.25) is 5.71 Å². The van der Waals surface area contributed by atoms with Gasteiger partial charge in [-0.05, 0) is 69.9 Å². The van der Waals surface area contributed by atoms with E-state index in [0.717, 1.165) is 25.7 Å². The van der Waals surface area contributed by atoms with E-state index in [1.54, 1.807) is 10.6 Å². The summed E-state index contributed by atoms with van der Waals surface area (Å²) in [6.45, 7) is 8.80. The van der Waals surface area contributed by atoms with Gasteiger partial charge in [0.25, 0.3) is 5.56 Å². The van der Waals surface area contributed by atoms with Crippen LogP contribution in [-0.4, -0.2) is 63.6 Å². The number of oxime groups is 1. The highest BCUT2D eigenvalue weighted by atomic mass is 16.6. The van der Waals surface area contributed by atoms with Crippen LogP contribution in [-0.2, 0) is 14.4 Å². The number of nitrogens with zero attached hydrogens (tertiary/aromatic N) is 4. The molecule has 2 aromatic rings. The Hall–Kier alpha value is -3.46. The van der Waals surface area contributed by atoms with Gasteiger partial charge in [-0.25, -0.2) is 9.78 Å². The molecule has 9 nitrogen and oxygen atoms in total. The van der Waals surface area contributed by atoms with E-state index < -0.39 is 17.2 Å². The van der Waals surface area contributed by atoms with E-state index in [4.69, 9.17) is 9.57 Å². The maximum absolute atomic E-state index is 13.8. The van der Waals surface area contributed by atoms with Crippen molar-refractivity contribution < 1.29 is 19.5 Å². The van der Waals surface area contributed by atoms with E-state index >= 15 is 0 Å². The van der Waals surface area contributed by atoms with Gasteiger partial charge in [0.1, 0.15) is 6.61 Å². The van der Waals surface area contributed by atoms with Crippen molar-refractivity contribution in [3.8, 4) is 0 Å². The number of benzene rings is 1. The number of carboxylic acids is 1. The number of methoxy groups -OCH3 is 1. The molecular weight excluding hydrogens is 484 g/mol. The zero-order chi connectivity index (χ0) is 27.0. The molecule has 4 aliphatic rings. The molecule has 6 rings (SSSR count). The summed E-state index contributed by atoms with van der Waals surface area (Å²) in [5.41, 5.74) is 2.84. The van der Waals surface area contributed by atoms with Gasteiger partial charge in [0, 0.05) is 37.1 Å². The number of piperidine rings is 1. The highest BCUT2D eigenvalue weighted by Crippen LogP contribution is 2.62. The molecule has 1 aromatic carbocycles. The summed E-state index contributed by atoms with van der Waals surface area (Å²) in [6, 6.07) is 7.83. The molecule has 1 N–H and O–H groups in total. The number of hydrogen-bond donors (Lipinski definition) is 1. The molecule has 0 amide bonds. The largest absolute Gasteiger partial charge is 0.476 e. The first-order valence-corrected chi connectivity index (χ1v) is 13.4. The first-order valence-electron chi connectivity index (χ1n) is 13.4. The molecule has 2 bridgehead atoms. The number of rotatable bonds is 10. The van der Waals surface area contributed by atoms with Crippen LogP contribution in [0.1, 0.15) is 57.7 Å². The second-order valence-electron chi connectivity index (χ2n) is 10.7. The molecule has 1 saturated heterocycles. The molecule has 9 heteroatoms. The molecular formula is C29H36N4O5. The maximum Gasteiger partial charge on any atom is 0.360 e. The Bertz CT molecular complexity index is 1350. The fourth-order valence-corrected chi connectivity index (χ4v) is 6.10. The van der Waals surface area contributed by atoms with E-state index in [-0.39, 0.29) is 31.0 Å². The van der Waals surface area contributed by atoms with Crippen LogP contribution in [0.5, 0.6) is 0 Å². The number of ether oxygens (including phenoxy) is 1. The van der Waals surface area contributed by atoms with Crippen molar-refractivity contribution in [2.75, 3.05) is 20.3 Å². The molecule has 0 radical (unpaired) electrons. The number of para-hydroxylation sites is 2. The highest BCUT2D eigenvalue weighted by Gasteiger charge is 2.52. The summed E-state index contributed by atoms with van der Waals surface area (Å²) < 4.78 is 6.60. The summed E-state index contributed by atoms with van der Waals surface area (Å²) >= 11 is 0. The van der Waals surface area contributed by atoms with E-state index in [1.807, 2.05) is 25.1 Å². The Morgan fingerprint density at radius 1 is 1.29 bits per heavy atom. The Morgan fingerprint density at radius 3 is 2.74 bits per heavy atom. The van der Waals surface area contributed by atoms with Gasteiger partial charge in [-0.1, -0.05) is 29.4 Å². The number of carboxylic acid groups (broad SMARTS) is 1. The first kappa shape index (κ1) is 26.2. The van der Waals surface area contributed by atoms with Crippen LogP contribution >= 0.6 is 0 Å². The van der Waals surface area contributed by atoms with Gasteiger partial charge in [-0.3, -0.25) is 4.79 Å². The SMILES string of the molecule is C=C1C2CC1C2=CN1[C@H](C[C@H](C)n2c(=O)c(/C(=N/OCCOC)C(=O)O)nc3ccccc32)CCC[C@@H]1C. The van der Waals surface area contributed by atoms with Crippen molar-refractivity contribution in [1.29, 1.82) is 0 Å². The lowest BCUT2D eigenvalue weighted by Crippen LogP contribution is -2.49. The average molecular weight is 521 g/mol. The normalized spacial score (nSPS) is 25.6. The summed E-state index contributed by atoms with van der Waals surface area (Å²) in [7, 11) is 1.51. The maximum atomic E-state index is 13.8. The highest BCUT2D eigenvalue weighted by molar-refractivity contribution is 6.41. The molecule has 3 saturated carbocycles. The molecule has 0 spiro atoms. The summed E-state index contributed by atoms with van der Waals surface area (Å²) in [5.74, 6) is -0.260. The zero-order valence-electron chi connectivity index (χ0n) is 22.3. The Labute approximate surface area is 222 Å². The van der Waals surface area contributed by atoms with Gasteiger partial charge in [-0.15, -0.1) is 0 Å². The second-order valence-corrected chi connectivity index (χ2v) is 10.7. The lowest BCUT2D eigenvalue weighted by atomic mass is 9.49. The smallest absolute Gasteiger partial charge is 0.360 e. The topological polar surface area (TPSA) is 106 Å². The molecule has 5 atom stereocenters. The summed E-state index contributed by atoms with van der Waals surface area (Å²) in [6.07, 6.45) is 7.70. The van der Waals surface area contributed by atoms with Crippen LogP contribution in [0.4, 0.5) is 0 Å². The minimum atomic E-state index is -1.37. The number of likely N-dealkylation sites (tertiary alicyclic amines) is 1. The summed E-state index contributed by atoms with van der Waals surface area (Å²) in [4.78, 5) is 37.9. The third-order valence-corrected chi connectivity index (χ3v) is 8.37. The predicted octanol–water partition coefficient (Wildman–Crippen LogP) is 4.13. The van der Waals surface area contributed by atoms with Gasteiger partial charge in [0.05, 0.1) is 17.6 Å². The standard InChI is InChI=1S/C29H36N4O5/c1-17-8-7-9-20(32(17)16-23-21-15-22(23)19(21)3)14-18(2)33-25-11-6-5-10-24(25)30-26(28(33)34)27(29(35)36)31-38-13-12-37-4/h5-6,10-11,16-18,20-22H,3,7-9,12-15H2,1-2,4H3,(H,35,36)/b23-16?,31-27-/t17-,18-,20-,21?,22?/m0/s1. The van der Waals surface area contributed by atoms with Crippen molar-refractivity contribution in [2.24, 2.45) is 17.0 Å². The second kappa shape index (κ2) is 10.7. The molecule has 3 aliphatic carbocycles. The van der Waals surface area contributed by atoms with Crippen LogP contribution < -0.4 is 5.56 Å². The lowest BCUT2D eigenvalue weighted by Gasteiger charge is -2.57. The molecule has 38 heavy (non-hydrogen) atoms. The fraction of sp³-hybridized carbons (Fsp3) is 0.517. The van der Waals surface area contributed by atoms with E-state index in [1.165, 1.54) is 24.7 Å². The molecule has 4 fully saturated rings. The van der Waals surface area contributed by atoms with Crippen LogP contribution in [0.2, 0.25) is 0 Å². The third kappa shape index (κ3) is 4.64. The Kier molecular flexibility index (Phi) is 7.38. The Balaban J connectivity index is 1.48. The number of allylic oxidation sites excluding steroid dienone is 2. The van der Waals surface area contributed by atoms with Gasteiger partial charge in [-0.2, -0.15) is 0 Å². The van der Waals surface area contributed by atoms with E-state index in [0.29, 0.717) is 28.9 Å². The molecule has 1 aromatic heterocycles. The van der Waals surface area contributed by atoms with Gasteiger partial charge < -0.3 is 24.1 Å². The minimum absolute atomic E-state index is 0.0612. The van der Waals surface area contributed by atoms with Crippen molar-refractivity contribution in [2.45, 2.75) is 64.1 Å². The lowest BCUT2D eigenvalue weighted by molar-refractivity contribution is -0.129. The third-order valence-electron chi connectivity index (χ3n) is 8.37. The molecule has 202 valence electrons. The van der Waals surface area contributed by atoms with Crippen molar-refractivity contribution in [3.63, 3.8) is 0 Å². The molecule has 1 aliphatic heterocycles.